The van der Waals surface area contributed by atoms with E-state index in [1.165, 1.54) is 25.0 Å². The number of benzene rings is 1. The molecule has 2 rings (SSSR count). The molecular weight excluding hydrogens is 279 g/mol. The van der Waals surface area contributed by atoms with E-state index in [1.54, 1.807) is 0 Å². The molecule has 1 saturated carbocycles. The summed E-state index contributed by atoms with van der Waals surface area (Å²) < 4.78 is 37.4. The molecule has 2 unspecified atom stereocenters. The first kappa shape index (κ1) is 16.3. The number of hydrogen-bond donors (Lipinski definition) is 2. The average Bonchev–Trinajstić information content (AvgIpc) is 2.47. The summed E-state index contributed by atoms with van der Waals surface area (Å²) >= 11 is 0. The molecule has 2 nitrogen and oxygen atoms in total. The molecule has 1 aromatic rings. The van der Waals surface area contributed by atoms with Crippen molar-refractivity contribution in [2.24, 2.45) is 11.8 Å². The number of nitrogens with one attached hydrogen (secondary N) is 1. The van der Waals surface area contributed by atoms with E-state index in [9.17, 15) is 18.3 Å². The van der Waals surface area contributed by atoms with E-state index in [1.807, 2.05) is 0 Å². The zero-order valence-electron chi connectivity index (χ0n) is 12.0. The molecule has 0 aromatic heterocycles. The first-order valence-electron chi connectivity index (χ1n) is 7.48. The van der Waals surface area contributed by atoms with Crippen LogP contribution in [0.3, 0.4) is 0 Å². The van der Waals surface area contributed by atoms with E-state index in [4.69, 9.17) is 0 Å². The SMILES string of the molecule is OCC1CCCCC1CNCc1ccc(C(F)(F)F)cc1. The summed E-state index contributed by atoms with van der Waals surface area (Å²) in [5.41, 5.74) is 0.234. The van der Waals surface area contributed by atoms with Crippen LogP contribution in [0.1, 0.15) is 36.8 Å². The van der Waals surface area contributed by atoms with Crippen molar-refractivity contribution in [3.8, 4) is 0 Å². The maximum atomic E-state index is 12.5. The highest BCUT2D eigenvalue weighted by Crippen LogP contribution is 2.30. The van der Waals surface area contributed by atoms with Gasteiger partial charge in [-0.05, 0) is 48.9 Å². The van der Waals surface area contributed by atoms with Crippen LogP contribution in [0.15, 0.2) is 24.3 Å². The third-order valence-corrected chi connectivity index (χ3v) is 4.32. The Morgan fingerprint density at radius 2 is 1.67 bits per heavy atom. The van der Waals surface area contributed by atoms with E-state index < -0.39 is 11.7 Å². The van der Waals surface area contributed by atoms with Gasteiger partial charge in [0.05, 0.1) is 5.56 Å². The van der Waals surface area contributed by atoms with E-state index in [-0.39, 0.29) is 6.61 Å². The fraction of sp³-hybridized carbons (Fsp3) is 0.625. The van der Waals surface area contributed by atoms with Crippen LogP contribution in [-0.4, -0.2) is 18.3 Å². The largest absolute Gasteiger partial charge is 0.416 e. The molecular formula is C16H22F3NO. The lowest BCUT2D eigenvalue weighted by Gasteiger charge is -2.30. The molecule has 0 spiro atoms. The van der Waals surface area contributed by atoms with E-state index in [0.29, 0.717) is 18.4 Å². The van der Waals surface area contributed by atoms with E-state index >= 15 is 0 Å². The van der Waals surface area contributed by atoms with Crippen LogP contribution in [0.25, 0.3) is 0 Å². The molecule has 0 saturated heterocycles. The molecule has 1 aliphatic carbocycles. The average molecular weight is 301 g/mol. The Morgan fingerprint density at radius 1 is 1.05 bits per heavy atom. The second-order valence-electron chi connectivity index (χ2n) is 5.81. The van der Waals surface area contributed by atoms with Crippen molar-refractivity contribution in [2.75, 3.05) is 13.2 Å². The summed E-state index contributed by atoms with van der Waals surface area (Å²) in [7, 11) is 0. The smallest absolute Gasteiger partial charge is 0.396 e. The van der Waals surface area contributed by atoms with Gasteiger partial charge in [-0.15, -0.1) is 0 Å². The molecule has 0 bridgehead atoms. The van der Waals surface area contributed by atoms with Crippen LogP contribution in [0.4, 0.5) is 13.2 Å². The lowest BCUT2D eigenvalue weighted by molar-refractivity contribution is -0.137. The summed E-state index contributed by atoms with van der Waals surface area (Å²) in [4.78, 5) is 0. The van der Waals surface area contributed by atoms with Gasteiger partial charge in [-0.3, -0.25) is 0 Å². The molecule has 2 N–H and O–H groups in total. The lowest BCUT2D eigenvalue weighted by atomic mass is 9.79. The van der Waals surface area contributed by atoms with Crippen molar-refractivity contribution in [1.82, 2.24) is 5.32 Å². The quantitative estimate of drug-likeness (QED) is 0.871. The van der Waals surface area contributed by atoms with Crippen LogP contribution in [0.2, 0.25) is 0 Å². The Labute approximate surface area is 123 Å². The zero-order valence-corrected chi connectivity index (χ0v) is 12.0. The Bertz CT molecular complexity index is 430. The molecule has 0 amide bonds. The van der Waals surface area contributed by atoms with Crippen molar-refractivity contribution < 1.29 is 18.3 Å². The third kappa shape index (κ3) is 4.71. The van der Waals surface area contributed by atoms with Crippen LogP contribution in [0, 0.1) is 11.8 Å². The van der Waals surface area contributed by atoms with Gasteiger partial charge in [0, 0.05) is 13.2 Å². The van der Waals surface area contributed by atoms with Gasteiger partial charge in [0.15, 0.2) is 0 Å². The van der Waals surface area contributed by atoms with Gasteiger partial charge in [0.25, 0.3) is 0 Å². The van der Waals surface area contributed by atoms with Gasteiger partial charge in [-0.25, -0.2) is 0 Å². The second-order valence-corrected chi connectivity index (χ2v) is 5.81. The van der Waals surface area contributed by atoms with Gasteiger partial charge in [0.1, 0.15) is 0 Å². The Morgan fingerprint density at radius 3 is 2.24 bits per heavy atom. The number of halogens is 3. The minimum atomic E-state index is -4.28. The third-order valence-electron chi connectivity index (χ3n) is 4.32. The summed E-state index contributed by atoms with van der Waals surface area (Å²) in [5, 5.41) is 12.7. The number of aliphatic hydroxyl groups is 1. The van der Waals surface area contributed by atoms with Crippen molar-refractivity contribution in [1.29, 1.82) is 0 Å². The first-order chi connectivity index (χ1) is 10.0. The van der Waals surface area contributed by atoms with Crippen LogP contribution in [-0.2, 0) is 12.7 Å². The van der Waals surface area contributed by atoms with Gasteiger partial charge >= 0.3 is 6.18 Å². The second kappa shape index (κ2) is 7.27. The van der Waals surface area contributed by atoms with Crippen molar-refractivity contribution in [3.63, 3.8) is 0 Å². The molecule has 0 aliphatic heterocycles. The normalized spacial score (nSPS) is 23.2. The zero-order chi connectivity index (χ0) is 15.3. The molecule has 0 radical (unpaired) electrons. The standard InChI is InChI=1S/C16H22F3NO/c17-16(18,19)15-7-5-12(6-8-15)9-20-10-13-3-1-2-4-14(13)11-21/h5-8,13-14,20-21H,1-4,9-11H2. The molecule has 21 heavy (non-hydrogen) atoms. The molecule has 5 heteroatoms. The van der Waals surface area contributed by atoms with Gasteiger partial charge in [0.2, 0.25) is 0 Å². The fourth-order valence-electron chi connectivity index (χ4n) is 3.01. The minimum absolute atomic E-state index is 0.229. The maximum Gasteiger partial charge on any atom is 0.416 e. The van der Waals surface area contributed by atoms with E-state index in [2.05, 4.69) is 5.32 Å². The Kier molecular flexibility index (Phi) is 5.65. The van der Waals surface area contributed by atoms with Gasteiger partial charge in [-0.1, -0.05) is 25.0 Å². The minimum Gasteiger partial charge on any atom is -0.396 e. The van der Waals surface area contributed by atoms with Crippen LogP contribution in [0.5, 0.6) is 0 Å². The topological polar surface area (TPSA) is 32.3 Å². The number of alkyl halides is 3. The molecule has 118 valence electrons. The Balaban J connectivity index is 1.80. The molecule has 1 aromatic carbocycles. The highest BCUT2D eigenvalue weighted by Gasteiger charge is 2.30. The number of rotatable bonds is 5. The summed E-state index contributed by atoms with van der Waals surface area (Å²) in [6.07, 6.45) is 0.292. The fourth-order valence-corrected chi connectivity index (χ4v) is 3.01. The Hall–Kier alpha value is -1.07. The summed E-state index contributed by atoms with van der Waals surface area (Å²) in [5.74, 6) is 0.831. The highest BCUT2D eigenvalue weighted by molar-refractivity contribution is 5.24. The van der Waals surface area contributed by atoms with Crippen molar-refractivity contribution in [3.05, 3.63) is 35.4 Å². The maximum absolute atomic E-state index is 12.5. The molecule has 2 atom stereocenters. The predicted octanol–water partition coefficient (Wildman–Crippen LogP) is 3.59. The molecule has 0 heterocycles. The van der Waals surface area contributed by atoms with Crippen LogP contribution < -0.4 is 5.32 Å². The van der Waals surface area contributed by atoms with Crippen molar-refractivity contribution in [2.45, 2.75) is 38.4 Å². The lowest BCUT2D eigenvalue weighted by Crippen LogP contribution is -2.32. The van der Waals surface area contributed by atoms with Crippen LogP contribution >= 0.6 is 0 Å². The first-order valence-corrected chi connectivity index (χ1v) is 7.48. The summed E-state index contributed by atoms with van der Waals surface area (Å²) in [6, 6.07) is 5.27. The van der Waals surface area contributed by atoms with Gasteiger partial charge < -0.3 is 10.4 Å². The monoisotopic (exact) mass is 301 g/mol. The van der Waals surface area contributed by atoms with E-state index in [0.717, 1.165) is 37.1 Å². The summed E-state index contributed by atoms with van der Waals surface area (Å²) in [6.45, 7) is 1.60. The molecule has 1 fully saturated rings. The predicted molar refractivity (Wildman–Crippen MR) is 75.7 cm³/mol. The highest BCUT2D eigenvalue weighted by atomic mass is 19.4. The molecule has 1 aliphatic rings. The number of hydrogen-bond acceptors (Lipinski definition) is 2. The number of aliphatic hydroxyl groups excluding tert-OH is 1. The van der Waals surface area contributed by atoms with Gasteiger partial charge in [-0.2, -0.15) is 13.2 Å². The van der Waals surface area contributed by atoms with Crippen molar-refractivity contribution >= 4 is 0 Å².